The van der Waals surface area contributed by atoms with Crippen molar-refractivity contribution in [1.29, 1.82) is 0 Å². The van der Waals surface area contributed by atoms with Crippen molar-refractivity contribution in [3.8, 4) is 0 Å². The van der Waals surface area contributed by atoms with E-state index in [4.69, 9.17) is 10.7 Å². The Hall–Kier alpha value is -4.29. The number of benzene rings is 3. The molecule has 0 saturated carbocycles. The lowest BCUT2D eigenvalue weighted by atomic mass is 9.81. The van der Waals surface area contributed by atoms with Gasteiger partial charge in [0.25, 0.3) is 0 Å². The van der Waals surface area contributed by atoms with Crippen molar-refractivity contribution in [3.63, 3.8) is 0 Å². The highest BCUT2D eigenvalue weighted by Crippen LogP contribution is 2.36. The number of likely N-dealkylation sites (tertiary alicyclic amines) is 1. The molecule has 210 valence electrons. The van der Waals surface area contributed by atoms with Crippen LogP contribution in [0.2, 0.25) is 0 Å². The molecule has 2 amide bonds. The first-order chi connectivity index (χ1) is 20.0. The van der Waals surface area contributed by atoms with Gasteiger partial charge >= 0.3 is 0 Å². The Bertz CT molecular complexity index is 1430. The van der Waals surface area contributed by atoms with Crippen LogP contribution in [0.25, 0.3) is 0 Å². The fourth-order valence-electron chi connectivity index (χ4n) is 5.87. The van der Waals surface area contributed by atoms with Gasteiger partial charge in [0.05, 0.1) is 6.04 Å². The predicted octanol–water partition coefficient (Wildman–Crippen LogP) is 5.71. The summed E-state index contributed by atoms with van der Waals surface area (Å²) in [5, 5.41) is 3.17. The van der Waals surface area contributed by atoms with Crippen LogP contribution in [0.5, 0.6) is 0 Å². The quantitative estimate of drug-likeness (QED) is 0.267. The van der Waals surface area contributed by atoms with E-state index >= 15 is 0 Å². The molecule has 5 rings (SSSR count). The average Bonchev–Trinajstić information content (AvgIpc) is 3.51. The van der Waals surface area contributed by atoms with E-state index in [1.165, 1.54) is 5.56 Å². The van der Waals surface area contributed by atoms with Gasteiger partial charge in [-0.2, -0.15) is 0 Å². The maximum atomic E-state index is 13.6. The van der Waals surface area contributed by atoms with Crippen LogP contribution in [0.4, 0.5) is 5.69 Å². The molecule has 4 atom stereocenters. The van der Waals surface area contributed by atoms with Crippen LogP contribution in [0.15, 0.2) is 109 Å². The van der Waals surface area contributed by atoms with Crippen molar-refractivity contribution >= 4 is 17.5 Å². The zero-order chi connectivity index (χ0) is 28.6. The van der Waals surface area contributed by atoms with E-state index in [2.05, 4.69) is 48.6 Å². The van der Waals surface area contributed by atoms with Crippen LogP contribution < -0.4 is 11.1 Å². The number of nitrogens with zero attached hydrogens (tertiary/aromatic N) is 2. The molecule has 3 N–H and O–H groups in total. The SMILES string of the molecule is CC(c1ccccc1)[C@H](Cc1ccccc1NC(=O)C1CCCN1C(=O)C(N)Cc1ccccc1)c1ccccn1. The summed E-state index contributed by atoms with van der Waals surface area (Å²) in [6.45, 7) is 2.77. The van der Waals surface area contributed by atoms with Gasteiger partial charge < -0.3 is 16.0 Å². The number of carbonyl (C=O) groups is 2. The summed E-state index contributed by atoms with van der Waals surface area (Å²) in [6.07, 6.45) is 4.39. The van der Waals surface area contributed by atoms with Crippen LogP contribution in [0.1, 0.15) is 54.0 Å². The van der Waals surface area contributed by atoms with Gasteiger partial charge in [-0.15, -0.1) is 0 Å². The molecule has 2 heterocycles. The average molecular weight is 547 g/mol. The highest BCUT2D eigenvalue weighted by molar-refractivity contribution is 5.98. The lowest BCUT2D eigenvalue weighted by Gasteiger charge is -2.28. The van der Waals surface area contributed by atoms with E-state index in [-0.39, 0.29) is 23.7 Å². The van der Waals surface area contributed by atoms with Crippen molar-refractivity contribution in [2.24, 2.45) is 5.73 Å². The molecule has 4 aromatic rings. The number of para-hydroxylation sites is 1. The molecule has 0 spiro atoms. The molecular weight excluding hydrogens is 508 g/mol. The van der Waals surface area contributed by atoms with E-state index in [1.807, 2.05) is 72.9 Å². The highest BCUT2D eigenvalue weighted by Gasteiger charge is 2.36. The molecule has 3 aromatic carbocycles. The predicted molar refractivity (Wildman–Crippen MR) is 163 cm³/mol. The number of carbonyl (C=O) groups excluding carboxylic acids is 2. The van der Waals surface area contributed by atoms with Crippen LogP contribution in [-0.4, -0.2) is 40.3 Å². The summed E-state index contributed by atoms with van der Waals surface area (Å²) >= 11 is 0. The number of anilines is 1. The molecule has 1 aromatic heterocycles. The van der Waals surface area contributed by atoms with Crippen LogP contribution in [-0.2, 0) is 22.4 Å². The van der Waals surface area contributed by atoms with Crippen molar-refractivity contribution in [2.75, 3.05) is 11.9 Å². The van der Waals surface area contributed by atoms with Gasteiger partial charge in [0.15, 0.2) is 0 Å². The van der Waals surface area contributed by atoms with Gasteiger partial charge in [0, 0.05) is 30.0 Å². The first-order valence-electron chi connectivity index (χ1n) is 14.5. The molecule has 41 heavy (non-hydrogen) atoms. The second-order valence-electron chi connectivity index (χ2n) is 10.9. The van der Waals surface area contributed by atoms with Gasteiger partial charge in [0.2, 0.25) is 11.8 Å². The molecule has 1 aliphatic heterocycles. The molecule has 1 aliphatic rings. The van der Waals surface area contributed by atoms with E-state index in [1.54, 1.807) is 4.90 Å². The van der Waals surface area contributed by atoms with E-state index in [0.717, 1.165) is 28.9 Å². The minimum Gasteiger partial charge on any atom is -0.329 e. The number of amides is 2. The Morgan fingerprint density at radius 3 is 2.32 bits per heavy atom. The topological polar surface area (TPSA) is 88.3 Å². The van der Waals surface area contributed by atoms with Crippen molar-refractivity contribution in [3.05, 3.63) is 132 Å². The summed E-state index contributed by atoms with van der Waals surface area (Å²) in [4.78, 5) is 33.3. The third-order valence-electron chi connectivity index (χ3n) is 8.17. The zero-order valence-electron chi connectivity index (χ0n) is 23.5. The highest BCUT2D eigenvalue weighted by atomic mass is 16.2. The van der Waals surface area contributed by atoms with Crippen molar-refractivity contribution < 1.29 is 9.59 Å². The molecule has 1 saturated heterocycles. The fraction of sp³-hybridized carbons (Fsp3) is 0.286. The molecule has 6 nitrogen and oxygen atoms in total. The summed E-state index contributed by atoms with van der Waals surface area (Å²) < 4.78 is 0. The largest absolute Gasteiger partial charge is 0.329 e. The number of hydrogen-bond acceptors (Lipinski definition) is 4. The minimum atomic E-state index is -0.684. The molecule has 0 radical (unpaired) electrons. The van der Waals surface area contributed by atoms with Crippen LogP contribution in [0.3, 0.4) is 0 Å². The number of hydrogen-bond donors (Lipinski definition) is 2. The molecule has 1 fully saturated rings. The number of nitrogens with one attached hydrogen (secondary N) is 1. The van der Waals surface area contributed by atoms with Crippen LogP contribution in [0, 0.1) is 0 Å². The van der Waals surface area contributed by atoms with Gasteiger partial charge in [-0.1, -0.05) is 91.9 Å². The maximum absolute atomic E-state index is 13.6. The van der Waals surface area contributed by atoms with Crippen LogP contribution >= 0.6 is 0 Å². The van der Waals surface area contributed by atoms with E-state index in [9.17, 15) is 9.59 Å². The van der Waals surface area contributed by atoms with E-state index < -0.39 is 12.1 Å². The first-order valence-corrected chi connectivity index (χ1v) is 14.5. The third kappa shape index (κ3) is 6.90. The Kier molecular flexibility index (Phi) is 9.22. The lowest BCUT2D eigenvalue weighted by Crippen LogP contribution is -2.50. The molecular formula is C35H38N4O2. The Labute approximate surface area is 242 Å². The second kappa shape index (κ2) is 13.4. The molecule has 0 aliphatic carbocycles. The Balaban J connectivity index is 1.32. The summed E-state index contributed by atoms with van der Waals surface area (Å²) in [7, 11) is 0. The molecule has 6 heteroatoms. The Morgan fingerprint density at radius 1 is 0.902 bits per heavy atom. The zero-order valence-corrected chi connectivity index (χ0v) is 23.5. The standard InChI is InChI=1S/C35H38N4O2/c1-25(27-15-6-3-7-16-27)29(32-19-10-11-21-37-32)24-28-17-8-9-18-31(28)38-34(40)33-20-12-22-39(33)35(41)30(36)23-26-13-4-2-5-14-26/h2-11,13-19,21,25,29-30,33H,12,20,22-24,36H2,1H3,(H,38,40)/t25?,29-,30?,33?/m0/s1. The number of nitrogens with two attached hydrogens (primary N) is 1. The van der Waals surface area contributed by atoms with Gasteiger partial charge in [-0.3, -0.25) is 14.6 Å². The molecule has 3 unspecified atom stereocenters. The summed E-state index contributed by atoms with van der Waals surface area (Å²) in [6, 6.07) is 33.0. The lowest BCUT2D eigenvalue weighted by molar-refractivity contribution is -0.137. The second-order valence-corrected chi connectivity index (χ2v) is 10.9. The third-order valence-corrected chi connectivity index (χ3v) is 8.17. The first kappa shape index (κ1) is 28.2. The smallest absolute Gasteiger partial charge is 0.247 e. The fourth-order valence-corrected chi connectivity index (χ4v) is 5.87. The van der Waals surface area contributed by atoms with Gasteiger partial charge in [-0.25, -0.2) is 0 Å². The summed E-state index contributed by atoms with van der Waals surface area (Å²) in [5.74, 6) is -0.0199. The minimum absolute atomic E-state index is 0.109. The normalized spacial score (nSPS) is 17.0. The number of aromatic nitrogens is 1. The van der Waals surface area contributed by atoms with Crippen molar-refractivity contribution in [1.82, 2.24) is 9.88 Å². The maximum Gasteiger partial charge on any atom is 0.247 e. The molecule has 0 bridgehead atoms. The monoisotopic (exact) mass is 546 g/mol. The summed E-state index contributed by atoms with van der Waals surface area (Å²) in [5.41, 5.74) is 11.4. The Morgan fingerprint density at radius 2 is 1.59 bits per heavy atom. The number of rotatable bonds is 10. The van der Waals surface area contributed by atoms with E-state index in [0.29, 0.717) is 25.8 Å². The number of pyridine rings is 1. The van der Waals surface area contributed by atoms with Gasteiger partial charge in [0.1, 0.15) is 6.04 Å². The van der Waals surface area contributed by atoms with Crippen molar-refractivity contribution in [2.45, 2.75) is 56.5 Å². The van der Waals surface area contributed by atoms with Gasteiger partial charge in [-0.05, 0) is 66.5 Å².